The highest BCUT2D eigenvalue weighted by molar-refractivity contribution is 7.07. The van der Waals surface area contributed by atoms with E-state index in [1.54, 1.807) is 11.3 Å². The van der Waals surface area contributed by atoms with E-state index >= 15 is 0 Å². The normalized spacial score (nSPS) is 34.5. The average molecular weight is 251 g/mol. The van der Waals surface area contributed by atoms with Gasteiger partial charge in [0.25, 0.3) is 0 Å². The van der Waals surface area contributed by atoms with Crippen molar-refractivity contribution in [3.05, 3.63) is 22.4 Å². The number of rotatable bonds is 2. The molecule has 1 saturated carbocycles. The summed E-state index contributed by atoms with van der Waals surface area (Å²) < 4.78 is 0. The van der Waals surface area contributed by atoms with Gasteiger partial charge in [-0.2, -0.15) is 11.3 Å². The molecule has 0 spiro atoms. The van der Waals surface area contributed by atoms with Crippen LogP contribution in [0, 0.1) is 5.92 Å². The molecule has 2 heterocycles. The molecule has 2 nitrogen and oxygen atoms in total. The molecule has 17 heavy (non-hydrogen) atoms. The first kappa shape index (κ1) is 11.7. The van der Waals surface area contributed by atoms with Crippen molar-refractivity contribution < 1.29 is 5.11 Å². The predicted octanol–water partition coefficient (Wildman–Crippen LogP) is 2.88. The Balaban J connectivity index is 1.63. The fourth-order valence-corrected chi connectivity index (χ4v) is 4.08. The van der Waals surface area contributed by atoms with E-state index < -0.39 is 0 Å². The maximum atomic E-state index is 10.6. The Bertz CT molecular complexity index is 364. The highest BCUT2D eigenvalue weighted by Crippen LogP contribution is 2.40. The van der Waals surface area contributed by atoms with Crippen molar-refractivity contribution in [1.82, 2.24) is 4.90 Å². The summed E-state index contributed by atoms with van der Waals surface area (Å²) in [6.07, 6.45) is 5.75. The minimum Gasteiger partial charge on any atom is -0.390 e. The van der Waals surface area contributed by atoms with Crippen molar-refractivity contribution in [3.63, 3.8) is 0 Å². The molecule has 3 rings (SSSR count). The second kappa shape index (κ2) is 4.71. The van der Waals surface area contributed by atoms with Gasteiger partial charge in [0.15, 0.2) is 0 Å². The summed E-state index contributed by atoms with van der Waals surface area (Å²) in [7, 11) is 0. The number of piperidine rings is 1. The van der Waals surface area contributed by atoms with Gasteiger partial charge in [0.05, 0.1) is 5.60 Å². The summed E-state index contributed by atoms with van der Waals surface area (Å²) in [5, 5.41) is 15.0. The first-order valence-electron chi connectivity index (χ1n) is 6.72. The Morgan fingerprint density at radius 1 is 1.41 bits per heavy atom. The van der Waals surface area contributed by atoms with E-state index in [-0.39, 0.29) is 5.60 Å². The Morgan fingerprint density at radius 3 is 3.18 bits per heavy atom. The van der Waals surface area contributed by atoms with E-state index in [0.717, 1.165) is 32.5 Å². The topological polar surface area (TPSA) is 23.5 Å². The van der Waals surface area contributed by atoms with Gasteiger partial charge in [-0.15, -0.1) is 0 Å². The molecule has 3 heteroatoms. The molecule has 2 atom stereocenters. The molecule has 0 aromatic carbocycles. The molecule has 1 aliphatic heterocycles. The molecule has 94 valence electrons. The molecule has 1 saturated heterocycles. The molecule has 1 aromatic heterocycles. The first-order chi connectivity index (χ1) is 8.26. The van der Waals surface area contributed by atoms with Crippen molar-refractivity contribution >= 4 is 11.3 Å². The number of hydrogen-bond acceptors (Lipinski definition) is 3. The van der Waals surface area contributed by atoms with Crippen LogP contribution in [-0.4, -0.2) is 28.7 Å². The monoisotopic (exact) mass is 251 g/mol. The van der Waals surface area contributed by atoms with E-state index in [1.807, 2.05) is 0 Å². The molecule has 1 aromatic rings. The number of hydrogen-bond donors (Lipinski definition) is 1. The number of aliphatic hydroxyl groups is 1. The highest BCUT2D eigenvalue weighted by Gasteiger charge is 2.42. The molecular formula is C14H21NOS. The standard InChI is InChI=1S/C14H21NOS/c16-14-5-2-1-3-13(14)10-15(7-6-14)9-12-4-8-17-11-12/h4,8,11,13,16H,1-3,5-7,9-10H2. The van der Waals surface area contributed by atoms with E-state index in [9.17, 15) is 5.11 Å². The van der Waals surface area contributed by atoms with Gasteiger partial charge >= 0.3 is 0 Å². The van der Waals surface area contributed by atoms with Crippen LogP contribution in [-0.2, 0) is 6.54 Å². The zero-order chi connectivity index (χ0) is 11.7. The summed E-state index contributed by atoms with van der Waals surface area (Å²) >= 11 is 1.77. The van der Waals surface area contributed by atoms with E-state index in [4.69, 9.17) is 0 Å². The lowest BCUT2D eigenvalue weighted by Gasteiger charge is -2.47. The molecule has 1 aliphatic carbocycles. The fourth-order valence-electron chi connectivity index (χ4n) is 3.42. The van der Waals surface area contributed by atoms with Crippen LogP contribution in [0.15, 0.2) is 16.8 Å². The van der Waals surface area contributed by atoms with Crippen molar-refractivity contribution in [2.75, 3.05) is 13.1 Å². The van der Waals surface area contributed by atoms with Crippen LogP contribution in [0.5, 0.6) is 0 Å². The first-order valence-corrected chi connectivity index (χ1v) is 7.66. The van der Waals surface area contributed by atoms with E-state index in [1.165, 1.54) is 24.8 Å². The molecule has 1 N–H and O–H groups in total. The highest BCUT2D eigenvalue weighted by atomic mass is 32.1. The third-order valence-electron chi connectivity index (χ3n) is 4.50. The number of fused-ring (bicyclic) bond motifs is 1. The second-order valence-corrected chi connectivity index (χ2v) is 6.44. The molecule has 0 amide bonds. The molecular weight excluding hydrogens is 230 g/mol. The zero-order valence-electron chi connectivity index (χ0n) is 10.3. The van der Waals surface area contributed by atoms with Crippen LogP contribution in [0.1, 0.15) is 37.7 Å². The summed E-state index contributed by atoms with van der Waals surface area (Å²) in [4.78, 5) is 2.52. The van der Waals surface area contributed by atoms with Crippen molar-refractivity contribution in [2.24, 2.45) is 5.92 Å². The summed E-state index contributed by atoms with van der Waals surface area (Å²) in [6, 6.07) is 2.21. The summed E-state index contributed by atoms with van der Waals surface area (Å²) in [6.45, 7) is 3.21. The average Bonchev–Trinajstić information content (AvgIpc) is 2.82. The van der Waals surface area contributed by atoms with Crippen molar-refractivity contribution in [3.8, 4) is 0 Å². The quantitative estimate of drug-likeness (QED) is 0.873. The van der Waals surface area contributed by atoms with Crippen molar-refractivity contribution in [1.29, 1.82) is 0 Å². The number of nitrogens with zero attached hydrogens (tertiary/aromatic N) is 1. The minimum atomic E-state index is -0.330. The second-order valence-electron chi connectivity index (χ2n) is 5.66. The van der Waals surface area contributed by atoms with Crippen LogP contribution in [0.3, 0.4) is 0 Å². The van der Waals surface area contributed by atoms with E-state index in [2.05, 4.69) is 21.7 Å². The van der Waals surface area contributed by atoms with Gasteiger partial charge in [0, 0.05) is 25.6 Å². The van der Waals surface area contributed by atoms with Gasteiger partial charge in [-0.25, -0.2) is 0 Å². The van der Waals surface area contributed by atoms with Crippen LogP contribution < -0.4 is 0 Å². The van der Waals surface area contributed by atoms with Crippen LogP contribution in [0.2, 0.25) is 0 Å². The fraction of sp³-hybridized carbons (Fsp3) is 0.714. The molecule has 2 fully saturated rings. The zero-order valence-corrected chi connectivity index (χ0v) is 11.1. The predicted molar refractivity (Wildman–Crippen MR) is 71.1 cm³/mol. The lowest BCUT2D eigenvalue weighted by Crippen LogP contribution is -2.52. The number of thiophene rings is 1. The van der Waals surface area contributed by atoms with Gasteiger partial charge in [-0.1, -0.05) is 12.8 Å². The molecule has 2 aliphatic rings. The smallest absolute Gasteiger partial charge is 0.0700 e. The van der Waals surface area contributed by atoms with Crippen LogP contribution >= 0.6 is 11.3 Å². The maximum Gasteiger partial charge on any atom is 0.0700 e. The Labute approximate surface area is 107 Å². The minimum absolute atomic E-state index is 0.330. The maximum absolute atomic E-state index is 10.6. The molecule has 0 bridgehead atoms. The SMILES string of the molecule is OC12CCCCC1CN(Cc1ccsc1)CC2. The van der Waals surface area contributed by atoms with Gasteiger partial charge < -0.3 is 5.11 Å². The number of likely N-dealkylation sites (tertiary alicyclic amines) is 1. The Kier molecular flexibility index (Phi) is 3.24. The van der Waals surface area contributed by atoms with Crippen LogP contribution in [0.25, 0.3) is 0 Å². The van der Waals surface area contributed by atoms with Crippen molar-refractivity contribution in [2.45, 2.75) is 44.2 Å². The lowest BCUT2D eigenvalue weighted by molar-refractivity contribution is -0.0967. The van der Waals surface area contributed by atoms with E-state index in [0.29, 0.717) is 5.92 Å². The third-order valence-corrected chi connectivity index (χ3v) is 5.23. The van der Waals surface area contributed by atoms with Gasteiger partial charge in [-0.05, 0) is 41.7 Å². The molecule has 2 unspecified atom stereocenters. The Hall–Kier alpha value is -0.380. The third kappa shape index (κ3) is 2.42. The summed E-state index contributed by atoms with van der Waals surface area (Å²) in [5.41, 5.74) is 1.10. The largest absolute Gasteiger partial charge is 0.390 e. The van der Waals surface area contributed by atoms with Gasteiger partial charge in [0.2, 0.25) is 0 Å². The van der Waals surface area contributed by atoms with Gasteiger partial charge in [0.1, 0.15) is 0 Å². The van der Waals surface area contributed by atoms with Gasteiger partial charge in [-0.3, -0.25) is 4.90 Å². The van der Waals surface area contributed by atoms with Crippen LogP contribution in [0.4, 0.5) is 0 Å². The molecule has 0 radical (unpaired) electrons. The lowest BCUT2D eigenvalue weighted by atomic mass is 9.71. The summed E-state index contributed by atoms with van der Waals surface area (Å²) in [5.74, 6) is 0.517. The Morgan fingerprint density at radius 2 is 2.35 bits per heavy atom.